The summed E-state index contributed by atoms with van der Waals surface area (Å²) < 4.78 is 5.54. The molecule has 4 nitrogen and oxygen atoms in total. The second kappa shape index (κ2) is 10.1. The van der Waals surface area contributed by atoms with Crippen molar-refractivity contribution in [3.8, 4) is 5.75 Å². The van der Waals surface area contributed by atoms with Crippen LogP contribution in [0, 0.1) is 0 Å². The first kappa shape index (κ1) is 19.3. The van der Waals surface area contributed by atoms with Gasteiger partial charge in [0.2, 0.25) is 5.91 Å². The Morgan fingerprint density at radius 2 is 1.92 bits per heavy atom. The molecule has 0 aliphatic rings. The van der Waals surface area contributed by atoms with Gasteiger partial charge < -0.3 is 4.74 Å². The Morgan fingerprint density at radius 3 is 2.64 bits per heavy atom. The maximum atomic E-state index is 11.8. The summed E-state index contributed by atoms with van der Waals surface area (Å²) in [6, 6.07) is 15.0. The van der Waals surface area contributed by atoms with Crippen LogP contribution in [0.1, 0.15) is 25.3 Å². The maximum Gasteiger partial charge on any atom is 0.240 e. The maximum absolute atomic E-state index is 11.8. The summed E-state index contributed by atoms with van der Waals surface area (Å²) in [5.41, 5.74) is 4.58. The van der Waals surface area contributed by atoms with Crippen LogP contribution in [0.25, 0.3) is 0 Å². The van der Waals surface area contributed by atoms with Gasteiger partial charge in [-0.25, -0.2) is 5.43 Å². The van der Waals surface area contributed by atoms with E-state index in [0.717, 1.165) is 11.3 Å². The molecule has 25 heavy (non-hydrogen) atoms. The molecule has 0 saturated heterocycles. The number of carbonyl (C=O) groups excluding carboxylic acids is 1. The molecule has 132 valence electrons. The van der Waals surface area contributed by atoms with Crippen molar-refractivity contribution in [2.75, 3.05) is 6.61 Å². The summed E-state index contributed by atoms with van der Waals surface area (Å²) in [4.78, 5) is 11.8. The molecule has 0 saturated carbocycles. The average molecular weight is 379 g/mol. The summed E-state index contributed by atoms with van der Waals surface area (Å²) in [7, 11) is 0. The van der Waals surface area contributed by atoms with Gasteiger partial charge in [-0.3, -0.25) is 4.79 Å². The van der Waals surface area contributed by atoms with Crippen molar-refractivity contribution in [2.24, 2.45) is 5.10 Å². The molecule has 0 unspecified atom stereocenters. The van der Waals surface area contributed by atoms with Gasteiger partial charge in [-0.1, -0.05) is 53.5 Å². The lowest BCUT2D eigenvalue weighted by Gasteiger charge is -2.08. The number of carbonyl (C=O) groups is 1. The highest BCUT2D eigenvalue weighted by Crippen LogP contribution is 2.27. The van der Waals surface area contributed by atoms with E-state index in [4.69, 9.17) is 27.9 Å². The first-order valence-corrected chi connectivity index (χ1v) is 8.74. The third kappa shape index (κ3) is 7.16. The minimum atomic E-state index is -0.141. The van der Waals surface area contributed by atoms with Crippen molar-refractivity contribution in [3.63, 3.8) is 0 Å². The second-order valence-electron chi connectivity index (χ2n) is 5.57. The normalized spacial score (nSPS) is 11.2. The molecule has 2 aromatic rings. The molecule has 6 heteroatoms. The molecule has 2 rings (SSSR count). The second-order valence-corrected chi connectivity index (χ2v) is 6.41. The van der Waals surface area contributed by atoms with Gasteiger partial charge in [0.25, 0.3) is 0 Å². The first-order valence-electron chi connectivity index (χ1n) is 7.98. The Bertz CT molecular complexity index is 733. The van der Waals surface area contributed by atoms with E-state index in [-0.39, 0.29) is 5.91 Å². The van der Waals surface area contributed by atoms with Gasteiger partial charge in [0.15, 0.2) is 0 Å². The average Bonchev–Trinajstić information content (AvgIpc) is 2.59. The highest BCUT2D eigenvalue weighted by molar-refractivity contribution is 6.35. The quantitative estimate of drug-likeness (QED) is 0.404. The zero-order chi connectivity index (χ0) is 18.1. The largest absolute Gasteiger partial charge is 0.492 e. The van der Waals surface area contributed by atoms with Gasteiger partial charge >= 0.3 is 0 Å². The Morgan fingerprint density at radius 1 is 1.16 bits per heavy atom. The minimum absolute atomic E-state index is 0.141. The molecule has 0 bridgehead atoms. The fourth-order valence-electron chi connectivity index (χ4n) is 2.15. The van der Waals surface area contributed by atoms with E-state index >= 15 is 0 Å². The first-order chi connectivity index (χ1) is 12.0. The molecular weight excluding hydrogens is 359 g/mol. The molecule has 0 radical (unpaired) electrons. The number of hydrazone groups is 1. The zero-order valence-electron chi connectivity index (χ0n) is 14.0. The number of rotatable bonds is 8. The predicted octanol–water partition coefficient (Wildman–Crippen LogP) is 4.89. The van der Waals surface area contributed by atoms with Crippen molar-refractivity contribution >= 4 is 34.8 Å². The highest BCUT2D eigenvalue weighted by atomic mass is 35.5. The van der Waals surface area contributed by atoms with Gasteiger partial charge in [0, 0.05) is 23.6 Å². The van der Waals surface area contributed by atoms with E-state index < -0.39 is 0 Å². The molecule has 0 aromatic heterocycles. The van der Waals surface area contributed by atoms with Crippen molar-refractivity contribution in [1.29, 1.82) is 0 Å². The Kier molecular flexibility index (Phi) is 7.76. The number of hydrogen-bond acceptors (Lipinski definition) is 3. The van der Waals surface area contributed by atoms with E-state index in [2.05, 4.69) is 10.5 Å². The summed E-state index contributed by atoms with van der Waals surface area (Å²) >= 11 is 11.8. The van der Waals surface area contributed by atoms with Crippen LogP contribution in [0.4, 0.5) is 0 Å². The molecule has 0 heterocycles. The van der Waals surface area contributed by atoms with E-state index in [0.29, 0.717) is 41.7 Å². The number of nitrogens with one attached hydrogen (secondary N) is 1. The van der Waals surface area contributed by atoms with Crippen LogP contribution >= 0.6 is 23.2 Å². The number of halogens is 2. The standard InChI is InChI=1S/C19H20Cl2N2O2/c1-14(12-15-6-3-2-4-7-15)22-23-19(24)8-5-11-25-18-10-9-16(20)13-17(18)21/h2-4,6-7,9-10,13H,5,8,11-12H2,1H3,(H,23,24). The molecule has 0 atom stereocenters. The lowest BCUT2D eigenvalue weighted by molar-refractivity contribution is -0.121. The number of ether oxygens (including phenoxy) is 1. The summed E-state index contributed by atoms with van der Waals surface area (Å²) in [5.74, 6) is 0.418. The van der Waals surface area contributed by atoms with Crippen LogP contribution in [0.5, 0.6) is 5.75 Å². The fraction of sp³-hybridized carbons (Fsp3) is 0.263. The summed E-state index contributed by atoms with van der Waals surface area (Å²) in [6.45, 7) is 2.28. The molecule has 2 aromatic carbocycles. The third-order valence-electron chi connectivity index (χ3n) is 3.37. The van der Waals surface area contributed by atoms with E-state index in [1.165, 1.54) is 0 Å². The number of amides is 1. The van der Waals surface area contributed by atoms with Gasteiger partial charge in [-0.15, -0.1) is 0 Å². The van der Waals surface area contributed by atoms with Crippen molar-refractivity contribution < 1.29 is 9.53 Å². The number of hydrogen-bond donors (Lipinski definition) is 1. The van der Waals surface area contributed by atoms with Crippen LogP contribution in [-0.4, -0.2) is 18.2 Å². The third-order valence-corrected chi connectivity index (χ3v) is 3.90. The monoisotopic (exact) mass is 378 g/mol. The Labute approximate surface area is 157 Å². The smallest absolute Gasteiger partial charge is 0.240 e. The molecular formula is C19H20Cl2N2O2. The van der Waals surface area contributed by atoms with E-state index in [9.17, 15) is 4.79 Å². The minimum Gasteiger partial charge on any atom is -0.492 e. The SMILES string of the molecule is CC(Cc1ccccc1)=NNC(=O)CCCOc1ccc(Cl)cc1Cl. The fourth-order valence-corrected chi connectivity index (χ4v) is 2.61. The van der Waals surface area contributed by atoms with Gasteiger partial charge in [0.1, 0.15) is 5.75 Å². The van der Waals surface area contributed by atoms with E-state index in [1.54, 1.807) is 18.2 Å². The predicted molar refractivity (Wildman–Crippen MR) is 103 cm³/mol. The molecule has 1 N–H and O–H groups in total. The summed E-state index contributed by atoms with van der Waals surface area (Å²) in [5, 5.41) is 5.13. The molecule has 1 amide bonds. The summed E-state index contributed by atoms with van der Waals surface area (Å²) in [6.07, 6.45) is 1.60. The highest BCUT2D eigenvalue weighted by Gasteiger charge is 2.04. The molecule has 0 aliphatic carbocycles. The van der Waals surface area contributed by atoms with Crippen molar-refractivity contribution in [2.45, 2.75) is 26.2 Å². The van der Waals surface area contributed by atoms with Gasteiger partial charge in [-0.05, 0) is 37.1 Å². The van der Waals surface area contributed by atoms with Crippen LogP contribution in [0.3, 0.4) is 0 Å². The number of nitrogens with zero attached hydrogens (tertiary/aromatic N) is 1. The zero-order valence-corrected chi connectivity index (χ0v) is 15.5. The van der Waals surface area contributed by atoms with Crippen LogP contribution in [-0.2, 0) is 11.2 Å². The van der Waals surface area contributed by atoms with E-state index in [1.807, 2.05) is 37.3 Å². The van der Waals surface area contributed by atoms with Crippen LogP contribution < -0.4 is 10.2 Å². The van der Waals surface area contributed by atoms with Gasteiger partial charge in [0.05, 0.1) is 11.6 Å². The van der Waals surface area contributed by atoms with Crippen LogP contribution in [0.15, 0.2) is 53.6 Å². The van der Waals surface area contributed by atoms with Crippen LogP contribution in [0.2, 0.25) is 10.0 Å². The van der Waals surface area contributed by atoms with Crippen molar-refractivity contribution in [3.05, 3.63) is 64.1 Å². The lowest BCUT2D eigenvalue weighted by atomic mass is 10.1. The molecule has 0 fully saturated rings. The Hall–Kier alpha value is -2.04. The van der Waals surface area contributed by atoms with Crippen molar-refractivity contribution in [1.82, 2.24) is 5.43 Å². The Balaban J connectivity index is 1.67. The number of benzene rings is 2. The molecule has 0 spiro atoms. The lowest BCUT2D eigenvalue weighted by Crippen LogP contribution is -2.20. The molecule has 0 aliphatic heterocycles. The van der Waals surface area contributed by atoms with Gasteiger partial charge in [-0.2, -0.15) is 5.10 Å². The topological polar surface area (TPSA) is 50.7 Å².